The van der Waals surface area contributed by atoms with E-state index in [2.05, 4.69) is 20.8 Å². The van der Waals surface area contributed by atoms with Crippen LogP contribution in [0.2, 0.25) is 0 Å². The van der Waals surface area contributed by atoms with Gasteiger partial charge in [-0.05, 0) is 18.8 Å². The minimum atomic E-state index is -2.16. The van der Waals surface area contributed by atoms with Crippen LogP contribution in [0.5, 0.6) is 0 Å². The Morgan fingerprint density at radius 3 is 1.90 bits per heavy atom. The van der Waals surface area contributed by atoms with Crippen molar-refractivity contribution in [2.24, 2.45) is 5.92 Å². The van der Waals surface area contributed by atoms with Crippen molar-refractivity contribution < 1.29 is 8.78 Å². The minimum absolute atomic E-state index is 0.0717. The predicted octanol–water partition coefficient (Wildman–Crippen LogP) is 7.58. The highest BCUT2D eigenvalue weighted by molar-refractivity contribution is 8.76. The van der Waals surface area contributed by atoms with Gasteiger partial charge in [0, 0.05) is 17.4 Å². The molecule has 0 saturated heterocycles. The third-order valence-corrected chi connectivity index (χ3v) is 6.91. The summed E-state index contributed by atoms with van der Waals surface area (Å²) in [5.74, 6) is 1.48. The van der Waals surface area contributed by atoms with E-state index < -0.39 is 6.43 Å². The molecule has 0 nitrogen and oxygen atoms in total. The van der Waals surface area contributed by atoms with Crippen LogP contribution in [0.25, 0.3) is 0 Å². The molecule has 0 aliphatic heterocycles. The summed E-state index contributed by atoms with van der Waals surface area (Å²) in [4.78, 5) is 0. The van der Waals surface area contributed by atoms with E-state index in [0.717, 1.165) is 18.6 Å². The molecule has 128 valence electrons. The molecule has 0 N–H and O–H groups in total. The largest absolute Gasteiger partial charge is 0.239 e. The second-order valence-corrected chi connectivity index (χ2v) is 8.67. The highest BCUT2D eigenvalue weighted by atomic mass is 33.1. The number of hydrogen-bond acceptors (Lipinski definition) is 2. The average molecular weight is 341 g/mol. The topological polar surface area (TPSA) is 0 Å². The van der Waals surface area contributed by atoms with E-state index in [9.17, 15) is 8.78 Å². The van der Waals surface area contributed by atoms with Crippen LogP contribution < -0.4 is 0 Å². The molecule has 0 fully saturated rings. The fourth-order valence-electron chi connectivity index (χ4n) is 2.65. The number of hydrogen-bond donors (Lipinski definition) is 0. The fraction of sp³-hybridized carbons (Fsp3) is 1.00. The molecule has 2 unspecified atom stereocenters. The van der Waals surface area contributed by atoms with Crippen LogP contribution >= 0.6 is 21.6 Å². The van der Waals surface area contributed by atoms with E-state index in [1.54, 1.807) is 21.6 Å². The van der Waals surface area contributed by atoms with Gasteiger partial charge in [0.2, 0.25) is 6.43 Å². The van der Waals surface area contributed by atoms with Crippen LogP contribution in [0.3, 0.4) is 0 Å². The van der Waals surface area contributed by atoms with Crippen LogP contribution in [-0.2, 0) is 0 Å². The van der Waals surface area contributed by atoms with Crippen molar-refractivity contribution in [3.63, 3.8) is 0 Å². The van der Waals surface area contributed by atoms with Gasteiger partial charge in [0.15, 0.2) is 0 Å². The molecular weight excluding hydrogens is 306 g/mol. The maximum Gasteiger partial charge on any atom is 0.239 e. The number of alkyl halides is 2. The molecular formula is C17H34F2S2. The zero-order chi connectivity index (χ0) is 15.9. The van der Waals surface area contributed by atoms with Crippen LogP contribution in [0.1, 0.15) is 85.0 Å². The second kappa shape index (κ2) is 15.5. The Morgan fingerprint density at radius 2 is 1.38 bits per heavy atom. The van der Waals surface area contributed by atoms with E-state index >= 15 is 0 Å². The Hall–Kier alpha value is 0.560. The predicted molar refractivity (Wildman–Crippen MR) is 96.5 cm³/mol. The summed E-state index contributed by atoms with van der Waals surface area (Å²) in [5.41, 5.74) is 0. The molecule has 0 aromatic carbocycles. The van der Waals surface area contributed by atoms with E-state index in [4.69, 9.17) is 0 Å². The maximum absolute atomic E-state index is 12.9. The standard InChI is InChI=1S/C17H34F2S2/c1-4-7-9-11-13-15(12-10-8-5-2)16(14-17(18)19)21-20-6-3/h15-17H,4-14H2,1-3H3. The Balaban J connectivity index is 4.41. The third-order valence-electron chi connectivity index (χ3n) is 3.85. The molecule has 0 bridgehead atoms. The van der Waals surface area contributed by atoms with Gasteiger partial charge in [0.25, 0.3) is 0 Å². The van der Waals surface area contributed by atoms with Gasteiger partial charge in [-0.15, -0.1) is 0 Å². The maximum atomic E-state index is 12.9. The second-order valence-electron chi connectivity index (χ2n) is 5.77. The number of rotatable bonds is 15. The van der Waals surface area contributed by atoms with E-state index in [0.29, 0.717) is 5.92 Å². The summed E-state index contributed by atoms with van der Waals surface area (Å²) in [6.07, 6.45) is 8.80. The zero-order valence-electron chi connectivity index (χ0n) is 14.1. The number of halogens is 2. The molecule has 0 rings (SSSR count). The highest BCUT2D eigenvalue weighted by Crippen LogP contribution is 2.39. The lowest BCUT2D eigenvalue weighted by atomic mass is 9.90. The first-order valence-electron chi connectivity index (χ1n) is 8.72. The van der Waals surface area contributed by atoms with Gasteiger partial charge in [-0.3, -0.25) is 0 Å². The van der Waals surface area contributed by atoms with Crippen molar-refractivity contribution in [1.29, 1.82) is 0 Å². The van der Waals surface area contributed by atoms with Crippen molar-refractivity contribution in [3.8, 4) is 0 Å². The van der Waals surface area contributed by atoms with Gasteiger partial charge < -0.3 is 0 Å². The summed E-state index contributed by atoms with van der Waals surface area (Å²) in [5, 5.41) is 0.133. The van der Waals surface area contributed by atoms with Gasteiger partial charge in [-0.25, -0.2) is 8.78 Å². The van der Waals surface area contributed by atoms with Crippen molar-refractivity contribution in [3.05, 3.63) is 0 Å². The molecule has 0 amide bonds. The fourth-order valence-corrected chi connectivity index (χ4v) is 5.25. The lowest BCUT2D eigenvalue weighted by molar-refractivity contribution is 0.128. The minimum Gasteiger partial charge on any atom is -0.210 e. The monoisotopic (exact) mass is 340 g/mol. The summed E-state index contributed by atoms with van der Waals surface area (Å²) in [6, 6.07) is 0. The van der Waals surface area contributed by atoms with Gasteiger partial charge in [-0.2, -0.15) is 0 Å². The van der Waals surface area contributed by atoms with Crippen LogP contribution in [0.4, 0.5) is 8.78 Å². The van der Waals surface area contributed by atoms with Gasteiger partial charge in [0.05, 0.1) is 0 Å². The van der Waals surface area contributed by atoms with Crippen LogP contribution in [-0.4, -0.2) is 17.4 Å². The molecule has 2 atom stereocenters. The van der Waals surface area contributed by atoms with Gasteiger partial charge in [0.1, 0.15) is 0 Å². The third kappa shape index (κ3) is 12.8. The summed E-state index contributed by atoms with van der Waals surface area (Å²) < 4.78 is 25.8. The van der Waals surface area contributed by atoms with Crippen molar-refractivity contribution in [1.82, 2.24) is 0 Å². The Bertz CT molecular complexity index is 213. The Labute approximate surface area is 139 Å². The smallest absolute Gasteiger partial charge is 0.210 e. The molecule has 0 aliphatic carbocycles. The molecule has 4 heteroatoms. The summed E-state index contributed by atoms with van der Waals surface area (Å²) >= 11 is 0. The zero-order valence-corrected chi connectivity index (χ0v) is 15.7. The van der Waals surface area contributed by atoms with Gasteiger partial charge >= 0.3 is 0 Å². The van der Waals surface area contributed by atoms with E-state index in [-0.39, 0.29) is 11.7 Å². The SMILES string of the molecule is CCCCCCC(CCCCC)C(CC(F)F)SSCC. The molecule has 0 heterocycles. The first-order chi connectivity index (χ1) is 10.2. The molecule has 0 spiro atoms. The first kappa shape index (κ1) is 21.6. The molecule has 0 aromatic rings. The van der Waals surface area contributed by atoms with Crippen LogP contribution in [0.15, 0.2) is 0 Å². The van der Waals surface area contributed by atoms with Crippen LogP contribution in [0, 0.1) is 5.92 Å². The first-order valence-corrected chi connectivity index (χ1v) is 11.1. The van der Waals surface area contributed by atoms with Crippen molar-refractivity contribution in [2.45, 2.75) is 96.7 Å². The van der Waals surface area contributed by atoms with E-state index in [1.807, 2.05) is 0 Å². The molecule has 0 saturated carbocycles. The molecule has 0 radical (unpaired) electrons. The normalized spacial score (nSPS) is 14.6. The van der Waals surface area contributed by atoms with Crippen molar-refractivity contribution >= 4 is 21.6 Å². The Kier molecular flexibility index (Phi) is 15.9. The molecule has 21 heavy (non-hydrogen) atoms. The molecule has 0 aromatic heterocycles. The quantitative estimate of drug-likeness (QED) is 0.222. The van der Waals surface area contributed by atoms with Gasteiger partial charge in [-0.1, -0.05) is 87.3 Å². The lowest BCUT2D eigenvalue weighted by Gasteiger charge is -2.26. The average Bonchev–Trinajstić information content (AvgIpc) is 2.46. The Morgan fingerprint density at radius 1 is 0.810 bits per heavy atom. The van der Waals surface area contributed by atoms with E-state index in [1.165, 1.54) is 44.9 Å². The summed E-state index contributed by atoms with van der Waals surface area (Å²) in [6.45, 7) is 6.52. The number of unbranched alkanes of at least 4 members (excludes halogenated alkanes) is 5. The lowest BCUT2D eigenvalue weighted by Crippen LogP contribution is -2.20. The highest BCUT2D eigenvalue weighted by Gasteiger charge is 2.25. The van der Waals surface area contributed by atoms with Crippen molar-refractivity contribution in [2.75, 3.05) is 5.75 Å². The molecule has 0 aliphatic rings. The summed E-state index contributed by atoms with van der Waals surface area (Å²) in [7, 11) is 3.47.